The summed E-state index contributed by atoms with van der Waals surface area (Å²) in [7, 11) is 0. The van der Waals surface area contributed by atoms with Crippen molar-refractivity contribution in [1.82, 2.24) is 0 Å². The van der Waals surface area contributed by atoms with Crippen LogP contribution in [-0.4, -0.2) is 22.2 Å². The molecule has 0 saturated carbocycles. The van der Waals surface area contributed by atoms with E-state index in [1.807, 2.05) is 6.07 Å². The first-order valence-electron chi connectivity index (χ1n) is 5.27. The number of rotatable bonds is 3. The molecule has 2 rings (SSSR count). The molecule has 2 aromatic rings. The lowest BCUT2D eigenvalue weighted by molar-refractivity contribution is 0.0696. The summed E-state index contributed by atoms with van der Waals surface area (Å²) in [5.41, 5.74) is 0.846. The van der Waals surface area contributed by atoms with Crippen molar-refractivity contribution in [3.05, 3.63) is 44.7 Å². The van der Waals surface area contributed by atoms with Gasteiger partial charge in [-0.2, -0.15) is 0 Å². The number of halogens is 1. The Kier molecular flexibility index (Phi) is 3.73. The molecule has 0 spiro atoms. The Hall–Kier alpha value is -1.66. The summed E-state index contributed by atoms with van der Waals surface area (Å²) in [4.78, 5) is 23.2. The second-order valence-electron chi connectivity index (χ2n) is 3.87. The summed E-state index contributed by atoms with van der Waals surface area (Å²) in [6, 6.07) is 6.60. The number of carbonyl (C=O) groups is 2. The standard InChI is InChI=1S/C13H9BrO4S/c1-6-7(12(15)16)2-3-8(11(6)13(17)18)9-4-5-10(14)19-9/h2-5H,1H3,(H,15,16)(H,17,18). The molecule has 19 heavy (non-hydrogen) atoms. The van der Waals surface area contributed by atoms with Crippen molar-refractivity contribution in [3.63, 3.8) is 0 Å². The van der Waals surface area contributed by atoms with Crippen LogP contribution in [0.5, 0.6) is 0 Å². The minimum absolute atomic E-state index is 0.0109. The third kappa shape index (κ3) is 2.54. The number of hydrogen-bond donors (Lipinski definition) is 2. The van der Waals surface area contributed by atoms with Crippen molar-refractivity contribution in [2.24, 2.45) is 0 Å². The van der Waals surface area contributed by atoms with E-state index in [1.54, 1.807) is 6.07 Å². The molecule has 0 aliphatic heterocycles. The van der Waals surface area contributed by atoms with Crippen molar-refractivity contribution in [2.75, 3.05) is 0 Å². The first-order chi connectivity index (χ1) is 8.91. The minimum Gasteiger partial charge on any atom is -0.478 e. The van der Waals surface area contributed by atoms with Crippen LogP contribution < -0.4 is 0 Å². The summed E-state index contributed by atoms with van der Waals surface area (Å²) in [5.74, 6) is -2.25. The van der Waals surface area contributed by atoms with Gasteiger partial charge in [0.1, 0.15) is 0 Å². The fraction of sp³-hybridized carbons (Fsp3) is 0.0769. The van der Waals surface area contributed by atoms with Gasteiger partial charge in [0.2, 0.25) is 0 Å². The maximum atomic E-state index is 11.4. The van der Waals surface area contributed by atoms with E-state index in [0.717, 1.165) is 8.66 Å². The molecule has 98 valence electrons. The second-order valence-corrected chi connectivity index (χ2v) is 6.34. The molecular formula is C13H9BrO4S. The number of aromatic carboxylic acids is 2. The van der Waals surface area contributed by atoms with E-state index in [-0.39, 0.29) is 16.7 Å². The molecule has 1 heterocycles. The molecule has 1 aromatic carbocycles. The summed E-state index contributed by atoms with van der Waals surface area (Å²) in [6.07, 6.45) is 0. The molecule has 4 nitrogen and oxygen atoms in total. The molecule has 0 atom stereocenters. The van der Waals surface area contributed by atoms with E-state index in [1.165, 1.54) is 30.4 Å². The maximum Gasteiger partial charge on any atom is 0.336 e. The van der Waals surface area contributed by atoms with Gasteiger partial charge in [0.25, 0.3) is 0 Å². The molecule has 6 heteroatoms. The van der Waals surface area contributed by atoms with Crippen LogP contribution >= 0.6 is 27.3 Å². The Morgan fingerprint density at radius 3 is 2.26 bits per heavy atom. The Balaban J connectivity index is 2.72. The lowest BCUT2D eigenvalue weighted by Gasteiger charge is -2.10. The third-order valence-electron chi connectivity index (χ3n) is 2.75. The summed E-state index contributed by atoms with van der Waals surface area (Å²) in [6.45, 7) is 1.51. The number of thiophene rings is 1. The van der Waals surface area contributed by atoms with Gasteiger partial charge in [0.05, 0.1) is 14.9 Å². The van der Waals surface area contributed by atoms with Crippen LogP contribution in [0, 0.1) is 6.92 Å². The van der Waals surface area contributed by atoms with Crippen molar-refractivity contribution < 1.29 is 19.8 Å². The molecular weight excluding hydrogens is 332 g/mol. The highest BCUT2D eigenvalue weighted by Crippen LogP contribution is 2.35. The van der Waals surface area contributed by atoms with Gasteiger partial charge in [-0.1, -0.05) is 6.07 Å². The van der Waals surface area contributed by atoms with Crippen LogP contribution in [-0.2, 0) is 0 Å². The first kappa shape index (κ1) is 13.8. The fourth-order valence-corrected chi connectivity index (χ4v) is 3.30. The van der Waals surface area contributed by atoms with E-state index in [0.29, 0.717) is 5.56 Å². The molecule has 0 radical (unpaired) electrons. The van der Waals surface area contributed by atoms with Gasteiger partial charge in [-0.15, -0.1) is 11.3 Å². The van der Waals surface area contributed by atoms with E-state index in [4.69, 9.17) is 5.11 Å². The van der Waals surface area contributed by atoms with Gasteiger partial charge in [-0.3, -0.25) is 0 Å². The molecule has 0 aliphatic carbocycles. The highest BCUT2D eigenvalue weighted by atomic mass is 79.9. The maximum absolute atomic E-state index is 11.4. The predicted molar refractivity (Wildman–Crippen MR) is 76.1 cm³/mol. The van der Waals surface area contributed by atoms with E-state index in [9.17, 15) is 14.7 Å². The Morgan fingerprint density at radius 2 is 1.79 bits per heavy atom. The predicted octanol–water partition coefficient (Wildman–Crippen LogP) is 3.88. The summed E-state index contributed by atoms with van der Waals surface area (Å²) < 4.78 is 0.888. The average Bonchev–Trinajstić information content (AvgIpc) is 2.74. The Labute approximate surface area is 121 Å². The van der Waals surface area contributed by atoms with Crippen molar-refractivity contribution in [3.8, 4) is 10.4 Å². The highest BCUT2D eigenvalue weighted by Gasteiger charge is 2.20. The monoisotopic (exact) mass is 340 g/mol. The second kappa shape index (κ2) is 5.14. The Morgan fingerprint density at radius 1 is 1.11 bits per heavy atom. The normalized spacial score (nSPS) is 10.4. The SMILES string of the molecule is Cc1c(C(=O)O)ccc(-c2ccc(Br)s2)c1C(=O)O. The van der Waals surface area contributed by atoms with E-state index < -0.39 is 11.9 Å². The summed E-state index contributed by atoms with van der Waals surface area (Å²) >= 11 is 4.73. The molecule has 0 saturated heterocycles. The third-order valence-corrected chi connectivity index (χ3v) is 4.40. The first-order valence-corrected chi connectivity index (χ1v) is 6.88. The van der Waals surface area contributed by atoms with Crippen LogP contribution in [0.3, 0.4) is 0 Å². The molecule has 2 N–H and O–H groups in total. The van der Waals surface area contributed by atoms with Gasteiger partial charge in [0, 0.05) is 10.4 Å². The lowest BCUT2D eigenvalue weighted by Crippen LogP contribution is -2.08. The molecule has 0 aliphatic rings. The van der Waals surface area contributed by atoms with Crippen molar-refractivity contribution in [1.29, 1.82) is 0 Å². The molecule has 0 unspecified atom stereocenters. The van der Waals surface area contributed by atoms with Crippen LogP contribution in [0.1, 0.15) is 26.3 Å². The molecule has 0 amide bonds. The highest BCUT2D eigenvalue weighted by molar-refractivity contribution is 9.11. The van der Waals surface area contributed by atoms with Gasteiger partial charge < -0.3 is 10.2 Å². The molecule has 0 bridgehead atoms. The molecule has 0 fully saturated rings. The van der Waals surface area contributed by atoms with E-state index in [2.05, 4.69) is 15.9 Å². The smallest absolute Gasteiger partial charge is 0.336 e. The van der Waals surface area contributed by atoms with Crippen LogP contribution in [0.2, 0.25) is 0 Å². The average molecular weight is 341 g/mol. The van der Waals surface area contributed by atoms with Crippen molar-refractivity contribution in [2.45, 2.75) is 6.92 Å². The topological polar surface area (TPSA) is 74.6 Å². The zero-order valence-corrected chi connectivity index (χ0v) is 12.2. The quantitative estimate of drug-likeness (QED) is 0.888. The van der Waals surface area contributed by atoms with Gasteiger partial charge in [-0.05, 0) is 46.6 Å². The number of carboxylic acids is 2. The largest absolute Gasteiger partial charge is 0.478 e. The van der Waals surface area contributed by atoms with Crippen molar-refractivity contribution >= 4 is 39.2 Å². The lowest BCUT2D eigenvalue weighted by atomic mass is 9.96. The Bertz CT molecular complexity index is 675. The van der Waals surface area contributed by atoms with Gasteiger partial charge >= 0.3 is 11.9 Å². The van der Waals surface area contributed by atoms with Crippen LogP contribution in [0.4, 0.5) is 0 Å². The zero-order valence-electron chi connectivity index (χ0n) is 9.81. The number of carboxylic acid groups (broad SMARTS) is 2. The van der Waals surface area contributed by atoms with Gasteiger partial charge in [0.15, 0.2) is 0 Å². The van der Waals surface area contributed by atoms with Crippen LogP contribution in [0.25, 0.3) is 10.4 Å². The molecule has 1 aromatic heterocycles. The van der Waals surface area contributed by atoms with E-state index >= 15 is 0 Å². The minimum atomic E-state index is -1.13. The summed E-state index contributed by atoms with van der Waals surface area (Å²) in [5, 5.41) is 18.4. The van der Waals surface area contributed by atoms with Crippen LogP contribution in [0.15, 0.2) is 28.1 Å². The van der Waals surface area contributed by atoms with Gasteiger partial charge in [-0.25, -0.2) is 9.59 Å². The fourth-order valence-electron chi connectivity index (χ4n) is 1.88. The zero-order chi connectivity index (χ0) is 14.2. The number of benzene rings is 1. The number of hydrogen-bond acceptors (Lipinski definition) is 3.